The summed E-state index contributed by atoms with van der Waals surface area (Å²) in [5.41, 5.74) is 0.923. The number of piperidine rings is 1. The van der Waals surface area contributed by atoms with Crippen LogP contribution in [0.4, 0.5) is 5.82 Å². The second-order valence-corrected chi connectivity index (χ2v) is 6.85. The lowest BCUT2D eigenvalue weighted by molar-refractivity contribution is 0.281. The molecule has 1 aliphatic carbocycles. The van der Waals surface area contributed by atoms with E-state index in [1.807, 2.05) is 18.3 Å². The topological polar surface area (TPSA) is 54.2 Å². The molecule has 1 aliphatic heterocycles. The van der Waals surface area contributed by atoms with Crippen molar-refractivity contribution < 1.29 is 5.11 Å². The van der Waals surface area contributed by atoms with Gasteiger partial charge in [-0.15, -0.1) is 0 Å². The fraction of sp³-hybridized carbons (Fsp3) is 0.556. The van der Waals surface area contributed by atoms with E-state index in [9.17, 15) is 5.11 Å². The van der Waals surface area contributed by atoms with Gasteiger partial charge in [-0.3, -0.25) is 0 Å². The van der Waals surface area contributed by atoms with Gasteiger partial charge in [-0.25, -0.2) is 9.97 Å². The maximum atomic E-state index is 9.33. The van der Waals surface area contributed by atoms with Crippen LogP contribution in [-0.2, 0) is 13.2 Å². The second-order valence-electron chi connectivity index (χ2n) is 6.85. The Labute approximate surface area is 137 Å². The van der Waals surface area contributed by atoms with Crippen LogP contribution in [0, 0.1) is 5.92 Å². The zero-order valence-corrected chi connectivity index (χ0v) is 13.4. The molecule has 4 rings (SSSR count). The Morgan fingerprint density at radius 1 is 1.17 bits per heavy atom. The van der Waals surface area contributed by atoms with E-state index in [1.54, 1.807) is 6.20 Å². The summed E-state index contributed by atoms with van der Waals surface area (Å²) in [5.74, 6) is 3.55. The molecule has 122 valence electrons. The molecule has 1 N–H and O–H groups in total. The normalized spacial score (nSPS) is 21.6. The molecule has 2 aromatic rings. The van der Waals surface area contributed by atoms with Crippen molar-refractivity contribution >= 4 is 5.82 Å². The summed E-state index contributed by atoms with van der Waals surface area (Å²) >= 11 is 0. The molecule has 0 bridgehead atoms. The van der Waals surface area contributed by atoms with Gasteiger partial charge in [0.25, 0.3) is 0 Å². The predicted octanol–water partition coefficient (Wildman–Crippen LogP) is 2.56. The molecule has 0 aromatic carbocycles. The molecule has 0 spiro atoms. The molecule has 2 aliphatic rings. The molecule has 5 nitrogen and oxygen atoms in total. The zero-order chi connectivity index (χ0) is 15.6. The number of aliphatic hydroxyl groups excluding tert-OH is 1. The average molecular weight is 312 g/mol. The van der Waals surface area contributed by atoms with E-state index in [0.717, 1.165) is 43.4 Å². The standard InChI is InChI=1S/C18H24N4O/c23-13-15-5-6-19-17(10-15)21-8-1-2-16(12-21)18-20-7-9-22(18)11-14-3-4-14/h5-7,9-10,14,16,23H,1-4,8,11-13H2/t16-/m0/s1. The highest BCUT2D eigenvalue weighted by atomic mass is 16.3. The first-order chi connectivity index (χ1) is 11.3. The van der Waals surface area contributed by atoms with E-state index < -0.39 is 0 Å². The minimum absolute atomic E-state index is 0.0680. The molecule has 0 unspecified atom stereocenters. The Morgan fingerprint density at radius 2 is 2.09 bits per heavy atom. The van der Waals surface area contributed by atoms with Crippen molar-refractivity contribution in [3.05, 3.63) is 42.1 Å². The van der Waals surface area contributed by atoms with Crippen LogP contribution in [0.25, 0.3) is 0 Å². The van der Waals surface area contributed by atoms with Gasteiger partial charge in [-0.05, 0) is 49.3 Å². The third-order valence-corrected chi connectivity index (χ3v) is 5.00. The van der Waals surface area contributed by atoms with Crippen molar-refractivity contribution in [1.29, 1.82) is 0 Å². The molecule has 23 heavy (non-hydrogen) atoms. The fourth-order valence-electron chi connectivity index (χ4n) is 3.54. The van der Waals surface area contributed by atoms with E-state index >= 15 is 0 Å². The minimum Gasteiger partial charge on any atom is -0.392 e. The minimum atomic E-state index is 0.0680. The first-order valence-corrected chi connectivity index (χ1v) is 8.65. The Balaban J connectivity index is 1.51. The highest BCUT2D eigenvalue weighted by Crippen LogP contribution is 2.33. The maximum absolute atomic E-state index is 9.33. The molecule has 0 radical (unpaired) electrons. The van der Waals surface area contributed by atoms with Crippen molar-refractivity contribution in [1.82, 2.24) is 14.5 Å². The molecule has 5 heteroatoms. The van der Waals surface area contributed by atoms with Gasteiger partial charge in [0.05, 0.1) is 6.61 Å². The van der Waals surface area contributed by atoms with E-state index in [4.69, 9.17) is 0 Å². The number of pyridine rings is 1. The summed E-state index contributed by atoms with van der Waals surface area (Å²) < 4.78 is 2.36. The van der Waals surface area contributed by atoms with Gasteiger partial charge in [0.1, 0.15) is 11.6 Å². The van der Waals surface area contributed by atoms with Crippen LogP contribution in [0.3, 0.4) is 0 Å². The van der Waals surface area contributed by atoms with Crippen LogP contribution < -0.4 is 4.90 Å². The van der Waals surface area contributed by atoms with Gasteiger partial charge in [0.2, 0.25) is 0 Å². The lowest BCUT2D eigenvalue weighted by Gasteiger charge is -2.33. The van der Waals surface area contributed by atoms with Crippen LogP contribution in [-0.4, -0.2) is 32.7 Å². The summed E-state index contributed by atoms with van der Waals surface area (Å²) in [4.78, 5) is 11.5. The number of anilines is 1. The number of hydrogen-bond acceptors (Lipinski definition) is 4. The largest absolute Gasteiger partial charge is 0.392 e. The molecule has 1 saturated heterocycles. The van der Waals surface area contributed by atoms with Crippen molar-refractivity contribution in [3.8, 4) is 0 Å². The summed E-state index contributed by atoms with van der Waals surface area (Å²) in [5, 5.41) is 9.33. The van der Waals surface area contributed by atoms with E-state index in [2.05, 4.69) is 25.6 Å². The Bertz CT molecular complexity index is 665. The highest BCUT2D eigenvalue weighted by Gasteiger charge is 2.28. The highest BCUT2D eigenvalue weighted by molar-refractivity contribution is 5.42. The monoisotopic (exact) mass is 312 g/mol. The first-order valence-electron chi connectivity index (χ1n) is 8.65. The van der Waals surface area contributed by atoms with Crippen LogP contribution in [0.1, 0.15) is 43.0 Å². The van der Waals surface area contributed by atoms with Gasteiger partial charge >= 0.3 is 0 Å². The van der Waals surface area contributed by atoms with Crippen molar-refractivity contribution in [2.75, 3.05) is 18.0 Å². The molecule has 1 atom stereocenters. The molecular formula is C18H24N4O. The van der Waals surface area contributed by atoms with Gasteiger partial charge in [-0.1, -0.05) is 0 Å². The molecular weight excluding hydrogens is 288 g/mol. The first kappa shape index (κ1) is 14.7. The van der Waals surface area contributed by atoms with Crippen LogP contribution in [0.15, 0.2) is 30.7 Å². The van der Waals surface area contributed by atoms with Gasteiger partial charge in [0.15, 0.2) is 0 Å². The summed E-state index contributed by atoms with van der Waals surface area (Å²) in [6.07, 6.45) is 11.0. The van der Waals surface area contributed by atoms with E-state index in [-0.39, 0.29) is 6.61 Å². The number of aliphatic hydroxyl groups is 1. The van der Waals surface area contributed by atoms with Crippen molar-refractivity contribution in [2.24, 2.45) is 5.92 Å². The van der Waals surface area contributed by atoms with Gasteiger partial charge in [-0.2, -0.15) is 0 Å². The third kappa shape index (κ3) is 3.24. The number of nitrogens with zero attached hydrogens (tertiary/aromatic N) is 4. The summed E-state index contributed by atoms with van der Waals surface area (Å²) in [7, 11) is 0. The Hall–Kier alpha value is -1.88. The predicted molar refractivity (Wildman–Crippen MR) is 89.3 cm³/mol. The molecule has 3 heterocycles. The van der Waals surface area contributed by atoms with Crippen LogP contribution in [0.2, 0.25) is 0 Å². The van der Waals surface area contributed by atoms with Crippen molar-refractivity contribution in [3.63, 3.8) is 0 Å². The number of rotatable bonds is 5. The Kier molecular flexibility index (Phi) is 4.04. The number of imidazole rings is 1. The third-order valence-electron chi connectivity index (χ3n) is 5.00. The smallest absolute Gasteiger partial charge is 0.128 e. The Morgan fingerprint density at radius 3 is 2.91 bits per heavy atom. The molecule has 2 fully saturated rings. The summed E-state index contributed by atoms with van der Waals surface area (Å²) in [6.45, 7) is 3.19. The van der Waals surface area contributed by atoms with Gasteiger partial charge in [0, 0.05) is 44.1 Å². The molecule has 2 aromatic heterocycles. The van der Waals surface area contributed by atoms with Crippen LogP contribution in [0.5, 0.6) is 0 Å². The second kappa shape index (κ2) is 6.32. The maximum Gasteiger partial charge on any atom is 0.128 e. The summed E-state index contributed by atoms with van der Waals surface area (Å²) in [6, 6.07) is 3.87. The molecule has 0 amide bonds. The van der Waals surface area contributed by atoms with Gasteiger partial charge < -0.3 is 14.6 Å². The fourth-order valence-corrected chi connectivity index (χ4v) is 3.54. The van der Waals surface area contributed by atoms with E-state index in [1.165, 1.54) is 25.1 Å². The lowest BCUT2D eigenvalue weighted by Crippen LogP contribution is -2.36. The number of aromatic nitrogens is 3. The van der Waals surface area contributed by atoms with Crippen molar-refractivity contribution in [2.45, 2.75) is 44.8 Å². The quantitative estimate of drug-likeness (QED) is 0.922. The molecule has 1 saturated carbocycles. The average Bonchev–Trinajstić information content (AvgIpc) is 3.30. The lowest BCUT2D eigenvalue weighted by atomic mass is 9.97. The SMILES string of the molecule is OCc1ccnc(N2CCC[C@H](c3nccn3CC3CC3)C2)c1. The number of hydrogen-bond donors (Lipinski definition) is 1. The van der Waals surface area contributed by atoms with Crippen LogP contribution >= 0.6 is 0 Å². The van der Waals surface area contributed by atoms with E-state index in [0.29, 0.717) is 5.92 Å². The zero-order valence-electron chi connectivity index (χ0n) is 13.4.